The average Bonchev–Trinajstić information content (AvgIpc) is 3.49. The summed E-state index contributed by atoms with van der Waals surface area (Å²) in [6.45, 7) is 5.78. The third-order valence-corrected chi connectivity index (χ3v) is 5.63. The van der Waals surface area contributed by atoms with Crippen LogP contribution < -0.4 is 15.4 Å². The van der Waals surface area contributed by atoms with Crippen molar-refractivity contribution in [3.63, 3.8) is 0 Å². The van der Waals surface area contributed by atoms with Crippen LogP contribution >= 0.6 is 35.7 Å². The molecule has 0 amide bonds. The maximum Gasteiger partial charge on any atom is 0.190 e. The van der Waals surface area contributed by atoms with Crippen LogP contribution in [-0.2, 0) is 4.74 Å². The Morgan fingerprint density at radius 2 is 2.07 bits per heavy atom. The van der Waals surface area contributed by atoms with E-state index in [0.717, 1.165) is 56.1 Å². The van der Waals surface area contributed by atoms with Gasteiger partial charge >= 0.3 is 0 Å². The van der Waals surface area contributed by atoms with E-state index in [0.29, 0.717) is 5.92 Å². The number of nitrogens with one attached hydrogen (secondary N) is 2. The lowest BCUT2D eigenvalue weighted by Crippen LogP contribution is -2.40. The number of hydrogen-bond acceptors (Lipinski definition) is 4. The lowest BCUT2D eigenvalue weighted by molar-refractivity contribution is 0.123. The van der Waals surface area contributed by atoms with Gasteiger partial charge in [0, 0.05) is 44.0 Å². The van der Waals surface area contributed by atoms with Gasteiger partial charge in [0.05, 0.1) is 7.11 Å². The van der Waals surface area contributed by atoms with E-state index in [-0.39, 0.29) is 24.0 Å². The van der Waals surface area contributed by atoms with Crippen molar-refractivity contribution in [1.29, 1.82) is 0 Å². The Hall–Kier alpha value is -0.670. The molecule has 1 unspecified atom stereocenters. The minimum atomic E-state index is 0. The topological polar surface area (TPSA) is 54.9 Å². The van der Waals surface area contributed by atoms with Crippen molar-refractivity contribution in [2.45, 2.75) is 31.1 Å². The Balaban J connectivity index is 0.00000364. The molecule has 0 aromatic heterocycles. The second-order valence-electron chi connectivity index (χ2n) is 6.82. The molecular weight excluding hydrogens is 473 g/mol. The molecule has 1 saturated carbocycles. The van der Waals surface area contributed by atoms with Crippen molar-refractivity contribution in [2.75, 3.05) is 46.2 Å². The van der Waals surface area contributed by atoms with E-state index in [9.17, 15) is 0 Å². The Labute approximate surface area is 185 Å². The SMILES string of the molecule is CN=C(NCCCOCC1CC1)NCC(C)CSc1ccccc1OC.I. The predicted molar refractivity (Wildman–Crippen MR) is 126 cm³/mol. The molecule has 0 aliphatic heterocycles. The van der Waals surface area contributed by atoms with Gasteiger partial charge in [-0.25, -0.2) is 0 Å². The van der Waals surface area contributed by atoms with Gasteiger partial charge < -0.3 is 20.1 Å². The number of thioether (sulfide) groups is 1. The highest BCUT2D eigenvalue weighted by molar-refractivity contribution is 14.0. The number of ether oxygens (including phenoxy) is 2. The number of para-hydroxylation sites is 1. The summed E-state index contributed by atoms with van der Waals surface area (Å²) < 4.78 is 11.1. The van der Waals surface area contributed by atoms with Gasteiger partial charge in [-0.1, -0.05) is 19.1 Å². The standard InChI is InChI=1S/C20H33N3O2S.HI/c1-16(15-26-19-8-5-4-7-18(19)24-3)13-23-20(21-2)22-11-6-12-25-14-17-9-10-17;/h4-5,7-8,16-17H,6,9-15H2,1-3H3,(H2,21,22,23);1H. The first-order valence-corrected chi connectivity index (χ1v) is 10.5. The monoisotopic (exact) mass is 507 g/mol. The normalized spacial score (nSPS) is 15.0. The summed E-state index contributed by atoms with van der Waals surface area (Å²) >= 11 is 1.83. The second kappa shape index (κ2) is 14.3. The number of hydrogen-bond donors (Lipinski definition) is 2. The molecule has 0 saturated heterocycles. The number of nitrogens with zero attached hydrogens (tertiary/aromatic N) is 1. The number of methoxy groups -OCH3 is 1. The highest BCUT2D eigenvalue weighted by atomic mass is 127. The van der Waals surface area contributed by atoms with Crippen LogP contribution in [0, 0.1) is 11.8 Å². The number of benzene rings is 1. The highest BCUT2D eigenvalue weighted by Crippen LogP contribution is 2.30. The molecule has 1 aliphatic rings. The fraction of sp³-hybridized carbons (Fsp3) is 0.650. The minimum Gasteiger partial charge on any atom is -0.496 e. The summed E-state index contributed by atoms with van der Waals surface area (Å²) in [4.78, 5) is 5.48. The van der Waals surface area contributed by atoms with Crippen LogP contribution in [0.3, 0.4) is 0 Å². The zero-order valence-electron chi connectivity index (χ0n) is 16.7. The van der Waals surface area contributed by atoms with Crippen LogP contribution in [0.5, 0.6) is 5.75 Å². The number of rotatable bonds is 12. The first-order chi connectivity index (χ1) is 12.7. The van der Waals surface area contributed by atoms with Gasteiger partial charge in [0.1, 0.15) is 5.75 Å². The van der Waals surface area contributed by atoms with Gasteiger partial charge in [0.2, 0.25) is 0 Å². The minimum absolute atomic E-state index is 0. The fourth-order valence-corrected chi connectivity index (χ4v) is 3.49. The maximum absolute atomic E-state index is 5.65. The summed E-state index contributed by atoms with van der Waals surface area (Å²) in [5, 5.41) is 6.76. The molecule has 1 aliphatic carbocycles. The van der Waals surface area contributed by atoms with Crippen LogP contribution in [0.15, 0.2) is 34.2 Å². The van der Waals surface area contributed by atoms with Crippen molar-refractivity contribution in [2.24, 2.45) is 16.8 Å². The molecule has 0 radical (unpaired) electrons. The molecule has 0 spiro atoms. The van der Waals surface area contributed by atoms with E-state index in [1.807, 2.05) is 37.0 Å². The van der Waals surface area contributed by atoms with Gasteiger partial charge in [-0.15, -0.1) is 35.7 Å². The third kappa shape index (κ3) is 10.4. The van der Waals surface area contributed by atoms with Crippen LogP contribution in [0.25, 0.3) is 0 Å². The molecular formula is C20H34IN3O2S. The molecule has 1 aromatic rings. The molecule has 5 nitrogen and oxygen atoms in total. The van der Waals surface area contributed by atoms with Crippen molar-refractivity contribution >= 4 is 41.7 Å². The molecule has 2 N–H and O–H groups in total. The largest absolute Gasteiger partial charge is 0.496 e. The second-order valence-corrected chi connectivity index (χ2v) is 7.88. The summed E-state index contributed by atoms with van der Waals surface area (Å²) in [5.41, 5.74) is 0. The lowest BCUT2D eigenvalue weighted by Gasteiger charge is -2.16. The summed E-state index contributed by atoms with van der Waals surface area (Å²) in [6, 6.07) is 8.16. The zero-order chi connectivity index (χ0) is 18.6. The third-order valence-electron chi connectivity index (χ3n) is 4.24. The van der Waals surface area contributed by atoms with Gasteiger partial charge in [0.15, 0.2) is 5.96 Å². The van der Waals surface area contributed by atoms with E-state index in [2.05, 4.69) is 28.6 Å². The first kappa shape index (κ1) is 24.4. The molecule has 0 heterocycles. The van der Waals surface area contributed by atoms with E-state index in [4.69, 9.17) is 9.47 Å². The van der Waals surface area contributed by atoms with E-state index >= 15 is 0 Å². The summed E-state index contributed by atoms with van der Waals surface area (Å²) in [5.74, 6) is 4.19. The Morgan fingerprint density at radius 1 is 1.30 bits per heavy atom. The molecule has 27 heavy (non-hydrogen) atoms. The van der Waals surface area contributed by atoms with Crippen LogP contribution in [0.2, 0.25) is 0 Å². The number of halogens is 1. The van der Waals surface area contributed by atoms with Crippen LogP contribution in [-0.4, -0.2) is 52.2 Å². The quantitative estimate of drug-likeness (QED) is 0.147. The smallest absolute Gasteiger partial charge is 0.190 e. The molecule has 154 valence electrons. The number of guanidine groups is 1. The Morgan fingerprint density at radius 3 is 2.78 bits per heavy atom. The van der Waals surface area contributed by atoms with E-state index < -0.39 is 0 Å². The van der Waals surface area contributed by atoms with Gasteiger partial charge in [-0.2, -0.15) is 0 Å². The average molecular weight is 507 g/mol. The Kier molecular flexibility index (Phi) is 12.9. The number of aliphatic imine (C=N–C) groups is 1. The summed E-state index contributed by atoms with van der Waals surface area (Å²) in [6.07, 6.45) is 3.71. The van der Waals surface area contributed by atoms with E-state index in [1.54, 1.807) is 7.11 Å². The van der Waals surface area contributed by atoms with Crippen LogP contribution in [0.4, 0.5) is 0 Å². The lowest BCUT2D eigenvalue weighted by atomic mass is 10.2. The molecule has 7 heteroatoms. The van der Waals surface area contributed by atoms with Gasteiger partial charge in [0.25, 0.3) is 0 Å². The predicted octanol–water partition coefficient (Wildman–Crippen LogP) is 4.02. The molecule has 0 bridgehead atoms. The van der Waals surface area contributed by atoms with Crippen LogP contribution in [0.1, 0.15) is 26.2 Å². The highest BCUT2D eigenvalue weighted by Gasteiger charge is 2.20. The van der Waals surface area contributed by atoms with Crippen molar-refractivity contribution in [3.8, 4) is 5.75 Å². The molecule has 2 rings (SSSR count). The van der Waals surface area contributed by atoms with Gasteiger partial charge in [-0.3, -0.25) is 4.99 Å². The maximum atomic E-state index is 5.65. The van der Waals surface area contributed by atoms with Crippen molar-refractivity contribution in [3.05, 3.63) is 24.3 Å². The van der Waals surface area contributed by atoms with Crippen molar-refractivity contribution < 1.29 is 9.47 Å². The first-order valence-electron chi connectivity index (χ1n) is 9.51. The molecule has 1 atom stereocenters. The van der Waals surface area contributed by atoms with E-state index in [1.165, 1.54) is 17.7 Å². The van der Waals surface area contributed by atoms with Gasteiger partial charge in [-0.05, 0) is 43.2 Å². The molecule has 1 aromatic carbocycles. The Bertz CT molecular complexity index is 556. The molecule has 1 fully saturated rings. The fourth-order valence-electron chi connectivity index (χ4n) is 2.44. The zero-order valence-corrected chi connectivity index (χ0v) is 19.8. The van der Waals surface area contributed by atoms with Crippen molar-refractivity contribution in [1.82, 2.24) is 10.6 Å². The summed E-state index contributed by atoms with van der Waals surface area (Å²) in [7, 11) is 3.53.